The van der Waals surface area contributed by atoms with Gasteiger partial charge in [-0.2, -0.15) is 5.11 Å². The molecule has 2 rings (SSSR count). The second-order valence-electron chi connectivity index (χ2n) is 4.99. The number of ether oxygens (including phenoxy) is 5. The normalized spacial score (nSPS) is 10.7. The van der Waals surface area contributed by atoms with E-state index in [2.05, 4.69) is 10.2 Å². The fourth-order valence-electron chi connectivity index (χ4n) is 2.21. The number of azo groups is 1. The van der Waals surface area contributed by atoms with Gasteiger partial charge in [0.1, 0.15) is 18.0 Å². The van der Waals surface area contributed by atoms with E-state index in [-0.39, 0.29) is 13.2 Å². The molecule has 0 spiro atoms. The molecule has 0 aromatic heterocycles. The van der Waals surface area contributed by atoms with E-state index in [9.17, 15) is 0 Å². The lowest BCUT2D eigenvalue weighted by Crippen LogP contribution is -2.01. The highest BCUT2D eigenvalue weighted by atomic mass is 16.5. The van der Waals surface area contributed by atoms with Crippen LogP contribution in [0, 0.1) is 0 Å². The predicted molar refractivity (Wildman–Crippen MR) is 95.8 cm³/mol. The van der Waals surface area contributed by atoms with Crippen LogP contribution in [0.25, 0.3) is 0 Å². The average molecular weight is 362 g/mol. The molecule has 0 aliphatic rings. The van der Waals surface area contributed by atoms with Crippen molar-refractivity contribution >= 4 is 11.4 Å². The van der Waals surface area contributed by atoms with E-state index in [1.54, 1.807) is 37.4 Å². The molecular weight excluding hydrogens is 340 g/mol. The Balaban J connectivity index is 2.37. The summed E-state index contributed by atoms with van der Waals surface area (Å²) in [7, 11) is 6.15. The van der Waals surface area contributed by atoms with Crippen molar-refractivity contribution in [2.24, 2.45) is 10.2 Å². The van der Waals surface area contributed by atoms with Gasteiger partial charge in [-0.15, -0.1) is 5.11 Å². The van der Waals surface area contributed by atoms with Gasteiger partial charge in [0, 0.05) is 18.2 Å². The van der Waals surface area contributed by atoms with Gasteiger partial charge in [0.2, 0.25) is 5.75 Å². The molecule has 0 amide bonds. The molecule has 140 valence electrons. The number of methoxy groups -OCH3 is 4. The van der Waals surface area contributed by atoms with Crippen molar-refractivity contribution in [1.29, 1.82) is 0 Å². The first-order valence-corrected chi connectivity index (χ1v) is 7.80. The first-order valence-electron chi connectivity index (χ1n) is 7.80. The molecule has 0 aliphatic heterocycles. The number of rotatable bonds is 9. The number of aliphatic hydroxyl groups excluding tert-OH is 1. The third-order valence-corrected chi connectivity index (χ3v) is 3.44. The summed E-state index contributed by atoms with van der Waals surface area (Å²) in [6, 6.07) is 8.51. The van der Waals surface area contributed by atoms with Crippen LogP contribution in [0.3, 0.4) is 0 Å². The molecule has 1 N–H and O–H groups in total. The van der Waals surface area contributed by atoms with Crippen LogP contribution in [0.5, 0.6) is 28.7 Å². The molecule has 0 bridgehead atoms. The maximum absolute atomic E-state index is 8.97. The Bertz CT molecular complexity index is 738. The monoisotopic (exact) mass is 362 g/mol. The van der Waals surface area contributed by atoms with Crippen molar-refractivity contribution in [3.05, 3.63) is 30.3 Å². The molecule has 0 unspecified atom stereocenters. The highest BCUT2D eigenvalue weighted by Crippen LogP contribution is 2.41. The van der Waals surface area contributed by atoms with E-state index in [1.165, 1.54) is 21.3 Å². The minimum atomic E-state index is -0.110. The van der Waals surface area contributed by atoms with Crippen LogP contribution < -0.4 is 23.7 Å². The Hall–Kier alpha value is -3.00. The van der Waals surface area contributed by atoms with Crippen molar-refractivity contribution in [3.8, 4) is 28.7 Å². The van der Waals surface area contributed by atoms with Gasteiger partial charge in [0.15, 0.2) is 17.2 Å². The molecule has 2 aromatic rings. The average Bonchev–Trinajstić information content (AvgIpc) is 2.69. The Kier molecular flexibility index (Phi) is 7.04. The molecule has 0 fully saturated rings. The van der Waals surface area contributed by atoms with E-state index in [4.69, 9.17) is 28.8 Å². The molecule has 0 saturated heterocycles. The first-order chi connectivity index (χ1) is 12.7. The van der Waals surface area contributed by atoms with Crippen LogP contribution in [0.15, 0.2) is 40.6 Å². The van der Waals surface area contributed by atoms with Gasteiger partial charge in [0.05, 0.1) is 40.7 Å². The number of benzene rings is 2. The molecule has 0 atom stereocenters. The minimum absolute atomic E-state index is 0.110. The first kappa shape index (κ1) is 19.3. The summed E-state index contributed by atoms with van der Waals surface area (Å²) in [5.74, 6) is 2.50. The minimum Gasteiger partial charge on any atom is -0.497 e. The van der Waals surface area contributed by atoms with Gasteiger partial charge < -0.3 is 28.8 Å². The van der Waals surface area contributed by atoms with E-state index in [0.29, 0.717) is 40.1 Å². The Morgan fingerprint density at radius 1 is 0.808 bits per heavy atom. The van der Waals surface area contributed by atoms with Crippen molar-refractivity contribution in [3.63, 3.8) is 0 Å². The maximum Gasteiger partial charge on any atom is 0.203 e. The largest absolute Gasteiger partial charge is 0.497 e. The topological polar surface area (TPSA) is 91.1 Å². The summed E-state index contributed by atoms with van der Waals surface area (Å²) in [5.41, 5.74) is 1.01. The number of aliphatic hydroxyl groups is 1. The molecule has 0 heterocycles. The van der Waals surface area contributed by atoms with E-state index in [0.717, 1.165) is 0 Å². The van der Waals surface area contributed by atoms with Gasteiger partial charge in [-0.25, -0.2) is 0 Å². The Labute approximate surface area is 151 Å². The molecule has 0 radical (unpaired) electrons. The fraction of sp³-hybridized carbons (Fsp3) is 0.333. The molecule has 0 aliphatic carbocycles. The SMILES string of the molecule is COc1ccc(N=Nc2cc(OC)c(OC)c(OC)c2)c(OCCO)c1. The van der Waals surface area contributed by atoms with Crippen molar-refractivity contribution < 1.29 is 28.8 Å². The van der Waals surface area contributed by atoms with Gasteiger partial charge >= 0.3 is 0 Å². The van der Waals surface area contributed by atoms with E-state index < -0.39 is 0 Å². The van der Waals surface area contributed by atoms with Crippen LogP contribution >= 0.6 is 0 Å². The van der Waals surface area contributed by atoms with Gasteiger partial charge in [-0.3, -0.25) is 0 Å². The van der Waals surface area contributed by atoms with E-state index >= 15 is 0 Å². The quantitative estimate of drug-likeness (QED) is 0.687. The second kappa shape index (κ2) is 9.47. The lowest BCUT2D eigenvalue weighted by atomic mass is 10.2. The Morgan fingerprint density at radius 2 is 1.50 bits per heavy atom. The Morgan fingerprint density at radius 3 is 2.04 bits per heavy atom. The lowest BCUT2D eigenvalue weighted by molar-refractivity contribution is 0.201. The third kappa shape index (κ3) is 4.54. The van der Waals surface area contributed by atoms with Crippen molar-refractivity contribution in [2.75, 3.05) is 41.7 Å². The molecular formula is C18H22N2O6. The zero-order valence-corrected chi connectivity index (χ0v) is 15.2. The molecule has 26 heavy (non-hydrogen) atoms. The number of hydrogen-bond acceptors (Lipinski definition) is 8. The summed E-state index contributed by atoms with van der Waals surface area (Å²) in [5, 5.41) is 17.4. The summed E-state index contributed by atoms with van der Waals surface area (Å²) < 4.78 is 26.6. The molecule has 8 heteroatoms. The van der Waals surface area contributed by atoms with E-state index in [1.807, 2.05) is 0 Å². The molecule has 8 nitrogen and oxygen atoms in total. The standard InChI is InChI=1S/C18H22N2O6/c1-22-13-5-6-14(15(11-13)26-8-7-21)20-19-12-9-16(23-2)18(25-4)17(10-12)24-3/h5-6,9-11,21H,7-8H2,1-4H3. The molecule has 0 saturated carbocycles. The van der Waals surface area contributed by atoms with Crippen LogP contribution in [-0.2, 0) is 0 Å². The van der Waals surface area contributed by atoms with Gasteiger partial charge in [-0.1, -0.05) is 0 Å². The summed E-state index contributed by atoms with van der Waals surface area (Å²) in [4.78, 5) is 0. The maximum atomic E-state index is 8.97. The summed E-state index contributed by atoms with van der Waals surface area (Å²) >= 11 is 0. The lowest BCUT2D eigenvalue weighted by Gasteiger charge is -2.12. The van der Waals surface area contributed by atoms with Gasteiger partial charge in [0.25, 0.3) is 0 Å². The summed E-state index contributed by atoms with van der Waals surface area (Å²) in [6.45, 7) is 0.0283. The predicted octanol–water partition coefficient (Wildman–Crippen LogP) is 3.51. The number of nitrogens with zero attached hydrogens (tertiary/aromatic N) is 2. The zero-order valence-electron chi connectivity index (χ0n) is 15.2. The van der Waals surface area contributed by atoms with Crippen LogP contribution in [0.2, 0.25) is 0 Å². The van der Waals surface area contributed by atoms with Crippen LogP contribution in [0.4, 0.5) is 11.4 Å². The van der Waals surface area contributed by atoms with Gasteiger partial charge in [-0.05, 0) is 12.1 Å². The second-order valence-corrected chi connectivity index (χ2v) is 4.99. The number of hydrogen-bond donors (Lipinski definition) is 1. The zero-order chi connectivity index (χ0) is 18.9. The highest BCUT2D eigenvalue weighted by Gasteiger charge is 2.13. The van der Waals surface area contributed by atoms with Crippen molar-refractivity contribution in [2.45, 2.75) is 0 Å². The van der Waals surface area contributed by atoms with Crippen LogP contribution in [0.1, 0.15) is 0 Å². The van der Waals surface area contributed by atoms with Crippen LogP contribution in [-0.4, -0.2) is 46.8 Å². The third-order valence-electron chi connectivity index (χ3n) is 3.44. The smallest absolute Gasteiger partial charge is 0.203 e. The van der Waals surface area contributed by atoms with Crippen molar-refractivity contribution in [1.82, 2.24) is 0 Å². The highest BCUT2D eigenvalue weighted by molar-refractivity contribution is 5.61. The summed E-state index contributed by atoms with van der Waals surface area (Å²) in [6.07, 6.45) is 0. The molecule has 2 aromatic carbocycles. The fourth-order valence-corrected chi connectivity index (χ4v) is 2.21.